The number of carbonyl (C=O) groups is 1. The molecule has 3 N–H and O–H groups in total. The highest BCUT2D eigenvalue weighted by atomic mass is 16.5. The Kier molecular flexibility index (Phi) is 3.52. The molecule has 0 saturated heterocycles. The van der Waals surface area contributed by atoms with Gasteiger partial charge in [0.05, 0.1) is 6.54 Å². The first-order valence-electron chi connectivity index (χ1n) is 6.93. The van der Waals surface area contributed by atoms with Crippen LogP contribution in [0.4, 0.5) is 0 Å². The molecule has 6 heteroatoms. The van der Waals surface area contributed by atoms with Crippen molar-refractivity contribution in [2.75, 3.05) is 13.1 Å². The Hall–Kier alpha value is -1.40. The summed E-state index contributed by atoms with van der Waals surface area (Å²) in [5.74, 6) is 7.11. The van der Waals surface area contributed by atoms with Crippen molar-refractivity contribution in [1.82, 2.24) is 15.5 Å². The van der Waals surface area contributed by atoms with Crippen LogP contribution in [-0.4, -0.2) is 29.1 Å². The standard InChI is InChI=1S/C13H20N4O2/c14-15-13(18)12-5-11(19-16-12)8-17(6-9-1-2-9)7-10-3-4-10/h5,9-10H,1-4,6-8,14H2,(H,15,18). The fraction of sp³-hybridized carbons (Fsp3) is 0.692. The molecule has 0 unspecified atom stereocenters. The smallest absolute Gasteiger partial charge is 0.287 e. The van der Waals surface area contributed by atoms with Crippen molar-refractivity contribution in [3.8, 4) is 0 Å². The Morgan fingerprint density at radius 3 is 2.53 bits per heavy atom. The quantitative estimate of drug-likeness (QED) is 0.434. The van der Waals surface area contributed by atoms with Gasteiger partial charge in [-0.2, -0.15) is 0 Å². The van der Waals surface area contributed by atoms with Crippen molar-refractivity contribution >= 4 is 5.91 Å². The molecule has 6 nitrogen and oxygen atoms in total. The maximum atomic E-state index is 11.3. The molecule has 0 spiro atoms. The Morgan fingerprint density at radius 2 is 2.00 bits per heavy atom. The van der Waals surface area contributed by atoms with E-state index in [9.17, 15) is 4.79 Å². The van der Waals surface area contributed by atoms with Gasteiger partial charge in [0.25, 0.3) is 5.91 Å². The first-order valence-corrected chi connectivity index (χ1v) is 6.93. The van der Waals surface area contributed by atoms with Gasteiger partial charge in [-0.15, -0.1) is 0 Å². The van der Waals surface area contributed by atoms with Crippen molar-refractivity contribution in [2.24, 2.45) is 17.7 Å². The van der Waals surface area contributed by atoms with Crippen LogP contribution in [0.5, 0.6) is 0 Å². The maximum Gasteiger partial charge on any atom is 0.287 e. The summed E-state index contributed by atoms with van der Waals surface area (Å²) in [6, 6.07) is 1.68. The van der Waals surface area contributed by atoms with E-state index in [0.717, 1.165) is 37.2 Å². The summed E-state index contributed by atoms with van der Waals surface area (Å²) in [6.07, 6.45) is 5.38. The van der Waals surface area contributed by atoms with Crippen LogP contribution in [0, 0.1) is 11.8 Å². The van der Waals surface area contributed by atoms with Crippen LogP contribution in [0.3, 0.4) is 0 Å². The van der Waals surface area contributed by atoms with Gasteiger partial charge < -0.3 is 4.52 Å². The average molecular weight is 264 g/mol. The molecule has 104 valence electrons. The molecule has 3 rings (SSSR count). The minimum absolute atomic E-state index is 0.246. The summed E-state index contributed by atoms with van der Waals surface area (Å²) in [6.45, 7) is 3.00. The molecule has 1 amide bonds. The van der Waals surface area contributed by atoms with Crippen LogP contribution < -0.4 is 11.3 Å². The van der Waals surface area contributed by atoms with Crippen LogP contribution >= 0.6 is 0 Å². The van der Waals surface area contributed by atoms with Crippen molar-refractivity contribution in [1.29, 1.82) is 0 Å². The van der Waals surface area contributed by atoms with Crippen molar-refractivity contribution in [3.05, 3.63) is 17.5 Å². The number of hydrogen-bond donors (Lipinski definition) is 2. The van der Waals surface area contributed by atoms with Crippen molar-refractivity contribution in [3.63, 3.8) is 0 Å². The summed E-state index contributed by atoms with van der Waals surface area (Å²) < 4.78 is 5.21. The number of hydrazine groups is 1. The normalized spacial score (nSPS) is 18.8. The molecule has 2 fully saturated rings. The van der Waals surface area contributed by atoms with Gasteiger partial charge in [-0.05, 0) is 37.5 Å². The van der Waals surface area contributed by atoms with E-state index >= 15 is 0 Å². The number of rotatable bonds is 7. The number of nitrogens with zero attached hydrogens (tertiary/aromatic N) is 2. The fourth-order valence-electron chi connectivity index (χ4n) is 2.32. The average Bonchev–Trinajstić information content (AvgIpc) is 3.32. The minimum Gasteiger partial charge on any atom is -0.359 e. The molecule has 0 radical (unpaired) electrons. The topological polar surface area (TPSA) is 84.4 Å². The second-order valence-electron chi connectivity index (χ2n) is 5.73. The Morgan fingerprint density at radius 1 is 1.37 bits per heavy atom. The van der Waals surface area contributed by atoms with E-state index in [1.54, 1.807) is 6.07 Å². The summed E-state index contributed by atoms with van der Waals surface area (Å²) in [4.78, 5) is 13.7. The van der Waals surface area contributed by atoms with Gasteiger partial charge in [0.1, 0.15) is 0 Å². The fourth-order valence-corrected chi connectivity index (χ4v) is 2.32. The van der Waals surface area contributed by atoms with Gasteiger partial charge in [-0.1, -0.05) is 5.16 Å². The summed E-state index contributed by atoms with van der Waals surface area (Å²) in [7, 11) is 0. The third kappa shape index (κ3) is 3.54. The van der Waals surface area contributed by atoms with Gasteiger partial charge in [0, 0.05) is 19.2 Å². The number of amides is 1. The molecular weight excluding hydrogens is 244 g/mol. The summed E-state index contributed by atoms with van der Waals surface area (Å²) >= 11 is 0. The molecule has 0 aliphatic heterocycles. The lowest BCUT2D eigenvalue weighted by Crippen LogP contribution is -2.30. The molecule has 19 heavy (non-hydrogen) atoms. The van der Waals surface area contributed by atoms with E-state index in [1.165, 1.54) is 25.7 Å². The number of aromatic nitrogens is 1. The number of carbonyl (C=O) groups excluding carboxylic acids is 1. The van der Waals surface area contributed by atoms with E-state index in [4.69, 9.17) is 10.4 Å². The lowest BCUT2D eigenvalue weighted by atomic mass is 10.2. The SMILES string of the molecule is NNC(=O)c1cc(CN(CC2CC2)CC2CC2)on1. The molecule has 2 aliphatic carbocycles. The van der Waals surface area contributed by atoms with Crippen molar-refractivity contribution in [2.45, 2.75) is 32.2 Å². The molecule has 0 atom stereocenters. The van der Waals surface area contributed by atoms with Gasteiger partial charge in [0.15, 0.2) is 11.5 Å². The highest BCUT2D eigenvalue weighted by Crippen LogP contribution is 2.34. The van der Waals surface area contributed by atoms with Crippen LogP contribution in [0.2, 0.25) is 0 Å². The third-order valence-electron chi connectivity index (χ3n) is 3.73. The summed E-state index contributed by atoms with van der Waals surface area (Å²) in [5, 5.41) is 3.74. The predicted octanol–water partition coefficient (Wildman–Crippen LogP) is 0.900. The van der Waals surface area contributed by atoms with E-state index in [-0.39, 0.29) is 5.69 Å². The van der Waals surface area contributed by atoms with Gasteiger partial charge in [-0.3, -0.25) is 15.1 Å². The predicted molar refractivity (Wildman–Crippen MR) is 68.9 cm³/mol. The molecule has 1 aromatic rings. The molecule has 1 aromatic heterocycles. The second-order valence-corrected chi connectivity index (χ2v) is 5.73. The number of nitrogens with two attached hydrogens (primary N) is 1. The van der Waals surface area contributed by atoms with Gasteiger partial charge >= 0.3 is 0 Å². The van der Waals surface area contributed by atoms with Crippen LogP contribution in [0.25, 0.3) is 0 Å². The third-order valence-corrected chi connectivity index (χ3v) is 3.73. The van der Waals surface area contributed by atoms with E-state index in [1.807, 2.05) is 0 Å². The second kappa shape index (κ2) is 5.30. The minimum atomic E-state index is -0.411. The maximum absolute atomic E-state index is 11.3. The zero-order valence-corrected chi connectivity index (χ0v) is 11.0. The van der Waals surface area contributed by atoms with Crippen LogP contribution in [0.1, 0.15) is 41.9 Å². The van der Waals surface area contributed by atoms with Crippen molar-refractivity contribution < 1.29 is 9.32 Å². The number of hydrogen-bond acceptors (Lipinski definition) is 5. The highest BCUT2D eigenvalue weighted by molar-refractivity contribution is 5.91. The molecule has 2 saturated carbocycles. The largest absolute Gasteiger partial charge is 0.359 e. The Balaban J connectivity index is 1.59. The molecular formula is C13H20N4O2. The number of nitrogen functional groups attached to an aromatic ring is 1. The monoisotopic (exact) mass is 264 g/mol. The van der Waals surface area contributed by atoms with Crippen LogP contribution in [-0.2, 0) is 6.54 Å². The molecule has 1 heterocycles. The lowest BCUT2D eigenvalue weighted by Gasteiger charge is -2.20. The zero-order valence-electron chi connectivity index (χ0n) is 11.0. The van der Waals surface area contributed by atoms with E-state index < -0.39 is 5.91 Å². The molecule has 0 aromatic carbocycles. The molecule has 2 aliphatic rings. The first-order chi connectivity index (χ1) is 9.24. The highest BCUT2D eigenvalue weighted by Gasteiger charge is 2.29. The van der Waals surface area contributed by atoms with E-state index in [2.05, 4.69) is 15.5 Å². The van der Waals surface area contributed by atoms with Gasteiger partial charge in [-0.25, -0.2) is 5.84 Å². The summed E-state index contributed by atoms with van der Waals surface area (Å²) in [5.41, 5.74) is 2.30. The van der Waals surface area contributed by atoms with E-state index in [0.29, 0.717) is 0 Å². The Labute approximate surface area is 112 Å². The molecule has 0 bridgehead atoms. The Bertz CT molecular complexity index is 437. The van der Waals surface area contributed by atoms with Crippen LogP contribution in [0.15, 0.2) is 10.6 Å². The number of nitrogens with one attached hydrogen (secondary N) is 1. The first kappa shape index (κ1) is 12.6. The van der Waals surface area contributed by atoms with Gasteiger partial charge in [0.2, 0.25) is 0 Å². The zero-order chi connectivity index (χ0) is 13.2. The lowest BCUT2D eigenvalue weighted by molar-refractivity contribution is 0.0944.